The van der Waals surface area contributed by atoms with Crippen LogP contribution < -0.4 is 0 Å². The molecule has 0 bridgehead atoms. The zero-order valence-corrected chi connectivity index (χ0v) is 11.5. The molecule has 0 unspecified atom stereocenters. The van der Waals surface area contributed by atoms with Crippen molar-refractivity contribution in [1.29, 1.82) is 0 Å². The monoisotopic (exact) mass is 264 g/mol. The molecule has 98 valence electrons. The average molecular weight is 264 g/mol. The average Bonchev–Trinajstić information content (AvgIpc) is 2.36. The first-order valence-electron chi connectivity index (χ1n) is 6.32. The highest BCUT2D eigenvalue weighted by molar-refractivity contribution is 7.91. The van der Waals surface area contributed by atoms with Crippen molar-refractivity contribution in [2.24, 2.45) is 0 Å². The summed E-state index contributed by atoms with van der Waals surface area (Å²) in [7, 11) is -2.90. The van der Waals surface area contributed by atoms with E-state index in [-0.39, 0.29) is 11.5 Å². The molecule has 0 aromatic heterocycles. The minimum Gasteiger partial charge on any atom is -0.229 e. The number of sulfone groups is 1. The molecule has 1 aromatic carbocycles. The van der Waals surface area contributed by atoms with Crippen LogP contribution in [-0.4, -0.2) is 19.9 Å². The van der Waals surface area contributed by atoms with Crippen molar-refractivity contribution < 1.29 is 8.42 Å². The zero-order valence-electron chi connectivity index (χ0n) is 10.6. The first-order chi connectivity index (χ1) is 8.64. The Kier molecular flexibility index (Phi) is 6.53. The van der Waals surface area contributed by atoms with Gasteiger partial charge >= 0.3 is 0 Å². The van der Waals surface area contributed by atoms with Gasteiger partial charge in [-0.05, 0) is 31.2 Å². The summed E-state index contributed by atoms with van der Waals surface area (Å²) in [5, 5.41) is 0. The third-order valence-electron chi connectivity index (χ3n) is 2.79. The Labute approximate surface area is 110 Å². The fraction of sp³-hybridized carbons (Fsp3) is 0.467. The Balaban J connectivity index is 2.23. The van der Waals surface area contributed by atoms with E-state index in [4.69, 9.17) is 6.42 Å². The van der Waals surface area contributed by atoms with E-state index < -0.39 is 9.84 Å². The van der Waals surface area contributed by atoms with E-state index in [1.54, 1.807) is 0 Å². The third kappa shape index (κ3) is 6.46. The van der Waals surface area contributed by atoms with E-state index in [0.29, 0.717) is 19.3 Å². The lowest BCUT2D eigenvalue weighted by Gasteiger charge is -2.04. The maximum Gasteiger partial charge on any atom is 0.150 e. The molecule has 18 heavy (non-hydrogen) atoms. The fourth-order valence-electron chi connectivity index (χ4n) is 1.79. The van der Waals surface area contributed by atoms with Crippen molar-refractivity contribution in [3.63, 3.8) is 0 Å². The summed E-state index contributed by atoms with van der Waals surface area (Å²) >= 11 is 0. The Bertz CT molecular complexity index is 469. The molecule has 0 aliphatic rings. The largest absolute Gasteiger partial charge is 0.229 e. The van der Waals surface area contributed by atoms with Gasteiger partial charge in [-0.3, -0.25) is 0 Å². The van der Waals surface area contributed by atoms with Gasteiger partial charge in [-0.1, -0.05) is 30.3 Å². The number of aryl methyl sites for hydroxylation is 1. The molecule has 0 aliphatic carbocycles. The summed E-state index contributed by atoms with van der Waals surface area (Å²) in [5.41, 5.74) is 1.19. The number of unbranched alkanes of at least 4 members (excludes halogenated alkanes) is 2. The van der Waals surface area contributed by atoms with Crippen LogP contribution in [0, 0.1) is 12.3 Å². The highest BCUT2D eigenvalue weighted by Gasteiger charge is 2.09. The first-order valence-corrected chi connectivity index (χ1v) is 8.14. The Morgan fingerprint density at radius 3 is 2.33 bits per heavy atom. The SMILES string of the molecule is C#CCCCCS(=O)(=O)CCCc1ccccc1. The molecule has 0 saturated heterocycles. The summed E-state index contributed by atoms with van der Waals surface area (Å²) in [6.45, 7) is 0. The molecule has 1 aromatic rings. The molecule has 0 N–H and O–H groups in total. The normalized spacial score (nSPS) is 11.1. The first kappa shape index (κ1) is 14.8. The van der Waals surface area contributed by atoms with Crippen molar-refractivity contribution in [3.05, 3.63) is 35.9 Å². The van der Waals surface area contributed by atoms with Gasteiger partial charge in [0, 0.05) is 6.42 Å². The minimum absolute atomic E-state index is 0.267. The molecule has 0 heterocycles. The van der Waals surface area contributed by atoms with Crippen molar-refractivity contribution in [2.75, 3.05) is 11.5 Å². The number of rotatable bonds is 8. The van der Waals surface area contributed by atoms with Gasteiger partial charge in [-0.2, -0.15) is 0 Å². The molecule has 2 nitrogen and oxygen atoms in total. The molecule has 3 heteroatoms. The molecule has 1 rings (SSSR count). The second kappa shape index (κ2) is 7.94. The van der Waals surface area contributed by atoms with Crippen LogP contribution in [0.5, 0.6) is 0 Å². The molecule has 0 radical (unpaired) electrons. The molecule has 0 aliphatic heterocycles. The summed E-state index contributed by atoms with van der Waals surface area (Å²) in [6, 6.07) is 9.97. The topological polar surface area (TPSA) is 34.1 Å². The second-order valence-corrected chi connectivity index (χ2v) is 6.71. The van der Waals surface area contributed by atoms with Gasteiger partial charge in [0.15, 0.2) is 0 Å². The lowest BCUT2D eigenvalue weighted by atomic mass is 10.1. The van der Waals surface area contributed by atoms with Crippen LogP contribution in [0.2, 0.25) is 0 Å². The predicted octanol–water partition coefficient (Wildman–Crippen LogP) is 2.84. The van der Waals surface area contributed by atoms with E-state index >= 15 is 0 Å². The van der Waals surface area contributed by atoms with Crippen LogP contribution in [0.3, 0.4) is 0 Å². The Hall–Kier alpha value is -1.27. The van der Waals surface area contributed by atoms with Crippen LogP contribution in [0.25, 0.3) is 0 Å². The highest BCUT2D eigenvalue weighted by atomic mass is 32.2. The van der Waals surface area contributed by atoms with E-state index in [0.717, 1.165) is 12.8 Å². The number of hydrogen-bond donors (Lipinski definition) is 0. The standard InChI is InChI=1S/C15H20O2S/c1-2-3-4-8-13-18(16,17)14-9-12-15-10-6-5-7-11-15/h1,5-7,10-11H,3-4,8-9,12-14H2. The zero-order chi connectivity index (χ0) is 13.3. The number of benzene rings is 1. The third-order valence-corrected chi connectivity index (χ3v) is 4.61. The van der Waals surface area contributed by atoms with E-state index in [9.17, 15) is 8.42 Å². The number of terminal acetylenes is 1. The fourth-order valence-corrected chi connectivity index (χ4v) is 3.22. The minimum atomic E-state index is -2.90. The lowest BCUT2D eigenvalue weighted by molar-refractivity contribution is 0.589. The second-order valence-electron chi connectivity index (χ2n) is 4.40. The molecular formula is C15H20O2S. The molecule has 0 fully saturated rings. The molecule has 0 amide bonds. The maximum absolute atomic E-state index is 11.7. The molecule has 0 spiro atoms. The van der Waals surface area contributed by atoms with Crippen molar-refractivity contribution >= 4 is 9.84 Å². The van der Waals surface area contributed by atoms with Gasteiger partial charge in [0.2, 0.25) is 0 Å². The summed E-state index contributed by atoms with van der Waals surface area (Å²) in [6.07, 6.45) is 8.79. The van der Waals surface area contributed by atoms with E-state index in [2.05, 4.69) is 5.92 Å². The molecule has 0 atom stereocenters. The van der Waals surface area contributed by atoms with Crippen LogP contribution in [-0.2, 0) is 16.3 Å². The Morgan fingerprint density at radius 2 is 1.67 bits per heavy atom. The quantitative estimate of drug-likeness (QED) is 0.534. The van der Waals surface area contributed by atoms with E-state index in [1.165, 1.54) is 5.56 Å². The lowest BCUT2D eigenvalue weighted by Crippen LogP contribution is -2.11. The summed E-state index contributed by atoms with van der Waals surface area (Å²) in [5.74, 6) is 3.07. The van der Waals surface area contributed by atoms with Crippen molar-refractivity contribution in [3.8, 4) is 12.3 Å². The van der Waals surface area contributed by atoms with Crippen molar-refractivity contribution in [1.82, 2.24) is 0 Å². The molecular weight excluding hydrogens is 244 g/mol. The van der Waals surface area contributed by atoms with Crippen LogP contribution >= 0.6 is 0 Å². The van der Waals surface area contributed by atoms with Gasteiger partial charge in [0.05, 0.1) is 11.5 Å². The van der Waals surface area contributed by atoms with Gasteiger partial charge in [0.1, 0.15) is 9.84 Å². The Morgan fingerprint density at radius 1 is 1.00 bits per heavy atom. The predicted molar refractivity (Wildman–Crippen MR) is 76.1 cm³/mol. The smallest absolute Gasteiger partial charge is 0.150 e. The maximum atomic E-state index is 11.7. The highest BCUT2D eigenvalue weighted by Crippen LogP contribution is 2.06. The summed E-state index contributed by atoms with van der Waals surface area (Å²) < 4.78 is 23.5. The van der Waals surface area contributed by atoms with Gasteiger partial charge in [-0.25, -0.2) is 8.42 Å². The number of hydrogen-bond acceptors (Lipinski definition) is 2. The van der Waals surface area contributed by atoms with Gasteiger partial charge in [-0.15, -0.1) is 12.3 Å². The van der Waals surface area contributed by atoms with E-state index in [1.807, 2.05) is 30.3 Å². The van der Waals surface area contributed by atoms with Gasteiger partial charge in [0.25, 0.3) is 0 Å². The summed E-state index contributed by atoms with van der Waals surface area (Å²) in [4.78, 5) is 0. The van der Waals surface area contributed by atoms with Crippen LogP contribution in [0.4, 0.5) is 0 Å². The molecule has 0 saturated carbocycles. The van der Waals surface area contributed by atoms with Crippen molar-refractivity contribution in [2.45, 2.75) is 32.1 Å². The van der Waals surface area contributed by atoms with Crippen LogP contribution in [0.15, 0.2) is 30.3 Å². The van der Waals surface area contributed by atoms with Crippen LogP contribution in [0.1, 0.15) is 31.2 Å². The van der Waals surface area contributed by atoms with Gasteiger partial charge < -0.3 is 0 Å².